The van der Waals surface area contributed by atoms with Gasteiger partial charge in [-0.2, -0.15) is 0 Å². The lowest BCUT2D eigenvalue weighted by atomic mass is 9.90. The molecule has 2 amide bonds. The molecule has 0 spiro atoms. The highest BCUT2D eigenvalue weighted by Gasteiger charge is 2.37. The van der Waals surface area contributed by atoms with E-state index in [1.165, 1.54) is 0 Å². The molecule has 2 heterocycles. The Morgan fingerprint density at radius 1 is 1.33 bits per heavy atom. The summed E-state index contributed by atoms with van der Waals surface area (Å²) >= 11 is 0. The van der Waals surface area contributed by atoms with E-state index in [0.29, 0.717) is 32.2 Å². The minimum Gasteiger partial charge on any atom is -0.377 e. The Bertz CT molecular complexity index is 386. The molecule has 2 fully saturated rings. The molecule has 2 aliphatic rings. The molecule has 120 valence electrons. The Labute approximate surface area is 126 Å². The van der Waals surface area contributed by atoms with Gasteiger partial charge >= 0.3 is 0 Å². The van der Waals surface area contributed by atoms with Gasteiger partial charge in [-0.05, 0) is 32.7 Å². The molecule has 2 N–H and O–H groups in total. The number of nitrogens with zero attached hydrogens (tertiary/aromatic N) is 1. The average Bonchev–Trinajstić information content (AvgIpc) is 2.46. The molecule has 0 aromatic rings. The van der Waals surface area contributed by atoms with Crippen molar-refractivity contribution >= 4 is 11.8 Å². The second kappa shape index (κ2) is 7.22. The molecule has 6 heteroatoms. The summed E-state index contributed by atoms with van der Waals surface area (Å²) in [7, 11) is 0. The zero-order chi connectivity index (χ0) is 15.4. The smallest absolute Gasteiger partial charge is 0.245 e. The van der Waals surface area contributed by atoms with Gasteiger partial charge in [0.15, 0.2) is 0 Å². The second-order valence-corrected chi connectivity index (χ2v) is 6.48. The third kappa shape index (κ3) is 4.17. The number of ether oxygens (including phenoxy) is 1. The van der Waals surface area contributed by atoms with Crippen LogP contribution in [-0.4, -0.2) is 61.6 Å². The summed E-state index contributed by atoms with van der Waals surface area (Å²) in [6.07, 6.45) is 0.891. The number of nitrogens with one attached hydrogen (secondary N) is 2. The van der Waals surface area contributed by atoms with Gasteiger partial charge in [-0.3, -0.25) is 9.59 Å². The fraction of sp³-hybridized carbons (Fsp3) is 0.867. The van der Waals surface area contributed by atoms with Crippen LogP contribution < -0.4 is 10.6 Å². The Morgan fingerprint density at radius 3 is 2.76 bits per heavy atom. The van der Waals surface area contributed by atoms with E-state index in [-0.39, 0.29) is 23.8 Å². The van der Waals surface area contributed by atoms with Gasteiger partial charge in [-0.15, -0.1) is 0 Å². The molecule has 2 rings (SSSR count). The molecular formula is C15H27N3O3. The Kier molecular flexibility index (Phi) is 5.58. The Morgan fingerprint density at radius 2 is 2.10 bits per heavy atom. The van der Waals surface area contributed by atoms with Crippen LogP contribution in [0.25, 0.3) is 0 Å². The maximum Gasteiger partial charge on any atom is 0.245 e. The molecule has 6 nitrogen and oxygen atoms in total. The van der Waals surface area contributed by atoms with Gasteiger partial charge in [0.05, 0.1) is 19.1 Å². The quantitative estimate of drug-likeness (QED) is 0.768. The predicted molar refractivity (Wildman–Crippen MR) is 79.7 cm³/mol. The van der Waals surface area contributed by atoms with Gasteiger partial charge in [0.25, 0.3) is 0 Å². The second-order valence-electron chi connectivity index (χ2n) is 6.48. The normalized spacial score (nSPS) is 30.3. The van der Waals surface area contributed by atoms with Crippen LogP contribution in [0.1, 0.15) is 27.2 Å². The fourth-order valence-electron chi connectivity index (χ4n) is 3.04. The van der Waals surface area contributed by atoms with Crippen molar-refractivity contribution in [2.45, 2.75) is 39.3 Å². The zero-order valence-corrected chi connectivity index (χ0v) is 13.2. The zero-order valence-electron chi connectivity index (χ0n) is 13.2. The topological polar surface area (TPSA) is 70.7 Å². The molecule has 0 bridgehead atoms. The van der Waals surface area contributed by atoms with Crippen molar-refractivity contribution in [1.29, 1.82) is 0 Å². The lowest BCUT2D eigenvalue weighted by Gasteiger charge is -2.38. The van der Waals surface area contributed by atoms with Crippen LogP contribution in [-0.2, 0) is 14.3 Å². The van der Waals surface area contributed by atoms with E-state index >= 15 is 0 Å². The Balaban J connectivity index is 2.03. The number of carbonyl (C=O) groups excluding carboxylic acids is 2. The van der Waals surface area contributed by atoms with Gasteiger partial charge in [0.2, 0.25) is 11.8 Å². The number of amides is 2. The van der Waals surface area contributed by atoms with E-state index < -0.39 is 6.04 Å². The molecule has 3 atom stereocenters. The summed E-state index contributed by atoms with van der Waals surface area (Å²) in [5, 5.41) is 6.18. The number of hydrogen-bond donors (Lipinski definition) is 2. The first-order valence-electron chi connectivity index (χ1n) is 7.88. The van der Waals surface area contributed by atoms with Crippen LogP contribution in [0, 0.1) is 11.8 Å². The molecule has 0 radical (unpaired) electrons. The lowest BCUT2D eigenvalue weighted by molar-refractivity contribution is -0.152. The van der Waals surface area contributed by atoms with Crippen LogP contribution in [0.2, 0.25) is 0 Å². The molecule has 0 aromatic heterocycles. The lowest BCUT2D eigenvalue weighted by Crippen LogP contribution is -2.59. The monoisotopic (exact) mass is 297 g/mol. The summed E-state index contributed by atoms with van der Waals surface area (Å²) in [4.78, 5) is 26.7. The first-order valence-corrected chi connectivity index (χ1v) is 7.88. The minimum absolute atomic E-state index is 0.0267. The molecular weight excluding hydrogens is 270 g/mol. The van der Waals surface area contributed by atoms with Crippen molar-refractivity contribution < 1.29 is 14.3 Å². The van der Waals surface area contributed by atoms with Crippen molar-refractivity contribution in [2.75, 3.05) is 32.8 Å². The largest absolute Gasteiger partial charge is 0.377 e. The Hall–Kier alpha value is -1.14. The summed E-state index contributed by atoms with van der Waals surface area (Å²) < 4.78 is 5.40. The standard InChI is InChI=1S/C15H27N3O3/c1-10(2)17-14(19)13-9-21-5-4-18(13)15(20)12-6-11(3)7-16-8-12/h10-13,16H,4-9H2,1-3H3,(H,17,19). The number of rotatable bonds is 3. The van der Waals surface area contributed by atoms with Crippen LogP contribution in [0.3, 0.4) is 0 Å². The molecule has 0 saturated carbocycles. The summed E-state index contributed by atoms with van der Waals surface area (Å²) in [5.74, 6) is 0.439. The third-order valence-electron chi connectivity index (χ3n) is 4.06. The SMILES string of the molecule is CC1CNCC(C(=O)N2CCOCC2C(=O)NC(C)C)C1. The van der Waals surface area contributed by atoms with Gasteiger partial charge in [0, 0.05) is 19.1 Å². The number of hydrogen-bond acceptors (Lipinski definition) is 4. The van der Waals surface area contributed by atoms with E-state index in [1.807, 2.05) is 13.8 Å². The van der Waals surface area contributed by atoms with Gasteiger partial charge in [0.1, 0.15) is 6.04 Å². The highest BCUT2D eigenvalue weighted by atomic mass is 16.5. The predicted octanol–water partition coefficient (Wildman–Crippen LogP) is -0.0160. The average molecular weight is 297 g/mol. The van der Waals surface area contributed by atoms with E-state index in [9.17, 15) is 9.59 Å². The highest BCUT2D eigenvalue weighted by molar-refractivity contribution is 5.89. The molecule has 2 saturated heterocycles. The fourth-order valence-corrected chi connectivity index (χ4v) is 3.04. The van der Waals surface area contributed by atoms with Crippen LogP contribution in [0.5, 0.6) is 0 Å². The third-order valence-corrected chi connectivity index (χ3v) is 4.06. The van der Waals surface area contributed by atoms with Gasteiger partial charge < -0.3 is 20.3 Å². The first kappa shape index (κ1) is 16.2. The number of piperidine rings is 1. The molecule has 0 aliphatic carbocycles. The first-order chi connectivity index (χ1) is 9.99. The van der Waals surface area contributed by atoms with Crippen molar-refractivity contribution in [2.24, 2.45) is 11.8 Å². The van der Waals surface area contributed by atoms with Crippen molar-refractivity contribution in [3.63, 3.8) is 0 Å². The molecule has 2 aliphatic heterocycles. The summed E-state index contributed by atoms with van der Waals surface area (Å²) in [6, 6.07) is -0.432. The molecule has 0 aromatic carbocycles. The van der Waals surface area contributed by atoms with E-state index in [1.54, 1.807) is 4.90 Å². The molecule has 21 heavy (non-hydrogen) atoms. The molecule has 3 unspecified atom stereocenters. The van der Waals surface area contributed by atoms with Crippen LogP contribution in [0.4, 0.5) is 0 Å². The van der Waals surface area contributed by atoms with Crippen LogP contribution >= 0.6 is 0 Å². The van der Waals surface area contributed by atoms with Crippen molar-refractivity contribution in [3.05, 3.63) is 0 Å². The van der Waals surface area contributed by atoms with Gasteiger partial charge in [-0.25, -0.2) is 0 Å². The van der Waals surface area contributed by atoms with Crippen LogP contribution in [0.15, 0.2) is 0 Å². The number of morpholine rings is 1. The summed E-state index contributed by atoms with van der Waals surface area (Å²) in [5.41, 5.74) is 0. The van der Waals surface area contributed by atoms with E-state index in [4.69, 9.17) is 4.74 Å². The maximum absolute atomic E-state index is 12.7. The van der Waals surface area contributed by atoms with E-state index in [2.05, 4.69) is 17.6 Å². The van der Waals surface area contributed by atoms with Crippen molar-refractivity contribution in [3.8, 4) is 0 Å². The minimum atomic E-state index is -0.495. The summed E-state index contributed by atoms with van der Waals surface area (Å²) in [6.45, 7) is 8.95. The van der Waals surface area contributed by atoms with E-state index in [0.717, 1.165) is 13.0 Å². The highest BCUT2D eigenvalue weighted by Crippen LogP contribution is 2.20. The van der Waals surface area contributed by atoms with Gasteiger partial charge in [-0.1, -0.05) is 6.92 Å². The number of carbonyl (C=O) groups is 2. The van der Waals surface area contributed by atoms with Crippen molar-refractivity contribution in [1.82, 2.24) is 15.5 Å². The maximum atomic E-state index is 12.7.